The van der Waals surface area contributed by atoms with Crippen molar-refractivity contribution in [1.82, 2.24) is 0 Å². The Morgan fingerprint density at radius 3 is 1.88 bits per heavy atom. The molecule has 0 spiro atoms. The summed E-state index contributed by atoms with van der Waals surface area (Å²) in [6.07, 6.45) is 3.01. The zero-order chi connectivity index (χ0) is 18.8. The van der Waals surface area contributed by atoms with Crippen molar-refractivity contribution in [2.45, 2.75) is 38.3 Å². The molecule has 0 aliphatic carbocycles. The lowest BCUT2D eigenvalue weighted by molar-refractivity contribution is -0.479. The predicted molar refractivity (Wildman–Crippen MR) is 102 cm³/mol. The van der Waals surface area contributed by atoms with Crippen molar-refractivity contribution in [3.63, 3.8) is 0 Å². The minimum atomic E-state index is -3.81. The molecule has 0 saturated heterocycles. The molecule has 0 aromatic heterocycles. The molecule has 1 atom stereocenters. The number of benzene rings is 2. The van der Waals surface area contributed by atoms with Gasteiger partial charge in [0.1, 0.15) is 17.2 Å². The van der Waals surface area contributed by atoms with Crippen LogP contribution in [-0.4, -0.2) is 17.1 Å². The van der Waals surface area contributed by atoms with Gasteiger partial charge in [-0.15, -0.1) is 0 Å². The van der Waals surface area contributed by atoms with E-state index in [9.17, 15) is 14.7 Å². The zero-order valence-corrected chi connectivity index (χ0v) is 15.7. The van der Waals surface area contributed by atoms with Gasteiger partial charge in [-0.05, 0) is 30.7 Å². The van der Waals surface area contributed by atoms with Crippen molar-refractivity contribution in [2.24, 2.45) is 0 Å². The monoisotopic (exact) mass is 377 g/mol. The Hall–Kier alpha value is -2.33. The Balaban J connectivity index is 2.31. The van der Waals surface area contributed by atoms with E-state index >= 15 is 0 Å². The number of hydrogen-bond acceptors (Lipinski definition) is 5. The second kappa shape index (κ2) is 9.97. The van der Waals surface area contributed by atoms with E-state index in [-0.39, 0.29) is 0 Å². The van der Waals surface area contributed by atoms with Crippen molar-refractivity contribution >= 4 is 7.60 Å². The molecular weight excluding hydrogens is 353 g/mol. The molecule has 140 valence electrons. The molecule has 0 radical (unpaired) electrons. The average molecular weight is 377 g/mol. The van der Waals surface area contributed by atoms with E-state index in [1.54, 1.807) is 48.5 Å². The number of unbranched alkanes of at least 4 members (excludes halogenated alkanes) is 2. The number of nitrogens with zero attached hydrogens (tertiary/aromatic N) is 1. The quantitative estimate of drug-likeness (QED) is 0.222. The van der Waals surface area contributed by atoms with E-state index in [2.05, 4.69) is 0 Å². The van der Waals surface area contributed by atoms with Crippen LogP contribution >= 0.6 is 7.60 Å². The van der Waals surface area contributed by atoms with E-state index in [4.69, 9.17) is 9.05 Å². The minimum Gasteiger partial charge on any atom is -0.416 e. The Morgan fingerprint density at radius 1 is 0.962 bits per heavy atom. The Kier molecular flexibility index (Phi) is 7.67. The maximum atomic E-state index is 13.6. The van der Waals surface area contributed by atoms with Crippen LogP contribution in [0.1, 0.15) is 32.6 Å². The Labute approximate surface area is 153 Å². The molecule has 0 heterocycles. The van der Waals surface area contributed by atoms with Gasteiger partial charge in [0.2, 0.25) is 6.54 Å². The van der Waals surface area contributed by atoms with E-state index in [1.165, 1.54) is 0 Å². The van der Waals surface area contributed by atoms with Gasteiger partial charge in [0, 0.05) is 4.92 Å². The normalized spacial score (nSPS) is 12.3. The van der Waals surface area contributed by atoms with E-state index in [0.29, 0.717) is 17.9 Å². The highest BCUT2D eigenvalue weighted by Crippen LogP contribution is 2.54. The molecule has 26 heavy (non-hydrogen) atoms. The van der Waals surface area contributed by atoms with Gasteiger partial charge in [-0.1, -0.05) is 62.6 Å². The van der Waals surface area contributed by atoms with Crippen LogP contribution in [-0.2, 0) is 4.57 Å². The maximum Gasteiger partial charge on any atom is 0.440 e. The van der Waals surface area contributed by atoms with Crippen LogP contribution in [0.2, 0.25) is 0 Å². The average Bonchev–Trinajstić information content (AvgIpc) is 2.62. The molecule has 0 bridgehead atoms. The Bertz CT molecular complexity index is 678. The molecule has 0 aliphatic heterocycles. The molecule has 0 N–H and O–H groups in total. The zero-order valence-electron chi connectivity index (χ0n) is 14.8. The summed E-state index contributed by atoms with van der Waals surface area (Å²) in [4.78, 5) is 10.7. The third-order valence-corrected chi connectivity index (χ3v) is 6.15. The lowest BCUT2D eigenvalue weighted by Gasteiger charge is -2.25. The molecule has 2 rings (SSSR count). The molecule has 0 fully saturated rings. The molecule has 7 heteroatoms. The fourth-order valence-corrected chi connectivity index (χ4v) is 4.57. The summed E-state index contributed by atoms with van der Waals surface area (Å²) < 4.78 is 25.1. The Morgan fingerprint density at radius 2 is 1.46 bits per heavy atom. The van der Waals surface area contributed by atoms with Gasteiger partial charge in [0.05, 0.1) is 0 Å². The van der Waals surface area contributed by atoms with Crippen LogP contribution in [0.15, 0.2) is 60.7 Å². The van der Waals surface area contributed by atoms with Crippen LogP contribution in [0.25, 0.3) is 0 Å². The standard InChI is InChI=1S/C19H24NO5P/c1-2-3-6-15-19(16-20(21)22)26(23,24-17-11-7-4-8-12-17)25-18-13-9-5-10-14-18/h4-5,7-14,19H,2-3,6,15-16H2,1H3/t19-/m1/s1. The first kappa shape index (κ1) is 20.0. The SMILES string of the molecule is CCCCC[C@H](C[N+](=O)[O-])P(=O)(Oc1ccccc1)Oc1ccccc1. The molecule has 0 saturated carbocycles. The highest BCUT2D eigenvalue weighted by atomic mass is 31.2. The molecule has 2 aromatic carbocycles. The second-order valence-corrected chi connectivity index (χ2v) is 8.19. The van der Waals surface area contributed by atoms with Crippen molar-refractivity contribution in [1.29, 1.82) is 0 Å². The van der Waals surface area contributed by atoms with Gasteiger partial charge in [-0.3, -0.25) is 10.1 Å². The van der Waals surface area contributed by atoms with Crippen LogP contribution in [0.5, 0.6) is 11.5 Å². The maximum absolute atomic E-state index is 13.6. The summed E-state index contributed by atoms with van der Waals surface area (Å²) in [7, 11) is -3.81. The summed E-state index contributed by atoms with van der Waals surface area (Å²) in [5.74, 6) is 0.742. The highest BCUT2D eigenvalue weighted by molar-refractivity contribution is 7.55. The van der Waals surface area contributed by atoms with Gasteiger partial charge in [0.15, 0.2) is 0 Å². The summed E-state index contributed by atoms with van der Waals surface area (Å²) in [6.45, 7) is 1.59. The second-order valence-electron chi connectivity index (χ2n) is 6.01. The summed E-state index contributed by atoms with van der Waals surface area (Å²) in [5, 5.41) is 11.2. The van der Waals surface area contributed by atoms with Gasteiger partial charge >= 0.3 is 7.60 Å². The summed E-state index contributed by atoms with van der Waals surface area (Å²) in [6, 6.07) is 17.3. The van der Waals surface area contributed by atoms with Crippen molar-refractivity contribution in [3.8, 4) is 11.5 Å². The number of hydrogen-bond donors (Lipinski definition) is 0. The molecular formula is C19H24NO5P. The minimum absolute atomic E-state index is 0.371. The first-order valence-electron chi connectivity index (χ1n) is 8.74. The van der Waals surface area contributed by atoms with Crippen LogP contribution in [0.4, 0.5) is 0 Å². The number of para-hydroxylation sites is 2. The first-order chi connectivity index (χ1) is 12.5. The van der Waals surface area contributed by atoms with Gasteiger partial charge in [-0.2, -0.15) is 0 Å². The lowest BCUT2D eigenvalue weighted by atomic mass is 10.1. The highest BCUT2D eigenvalue weighted by Gasteiger charge is 2.42. The number of rotatable bonds is 11. The van der Waals surface area contributed by atoms with Crippen LogP contribution in [0, 0.1) is 10.1 Å². The molecule has 0 amide bonds. The van der Waals surface area contributed by atoms with E-state index in [1.807, 2.05) is 19.1 Å². The molecule has 2 aromatic rings. The third-order valence-electron chi connectivity index (χ3n) is 3.90. The van der Waals surface area contributed by atoms with Gasteiger partial charge in [-0.25, -0.2) is 4.57 Å². The van der Waals surface area contributed by atoms with Crippen molar-refractivity contribution in [3.05, 3.63) is 70.8 Å². The fraction of sp³-hybridized carbons (Fsp3) is 0.368. The van der Waals surface area contributed by atoms with Gasteiger partial charge in [0.25, 0.3) is 0 Å². The number of nitro groups is 1. The summed E-state index contributed by atoms with van der Waals surface area (Å²) in [5.41, 5.74) is -0.815. The first-order valence-corrected chi connectivity index (χ1v) is 10.4. The predicted octanol–water partition coefficient (Wildman–Crippen LogP) is 5.56. The fourth-order valence-electron chi connectivity index (χ4n) is 2.58. The van der Waals surface area contributed by atoms with Crippen LogP contribution < -0.4 is 9.05 Å². The smallest absolute Gasteiger partial charge is 0.416 e. The van der Waals surface area contributed by atoms with Crippen LogP contribution in [0.3, 0.4) is 0 Å². The molecule has 0 aliphatic rings. The topological polar surface area (TPSA) is 78.7 Å². The lowest BCUT2D eigenvalue weighted by Crippen LogP contribution is -2.25. The molecule has 0 unspecified atom stereocenters. The largest absolute Gasteiger partial charge is 0.440 e. The van der Waals surface area contributed by atoms with Gasteiger partial charge < -0.3 is 9.05 Å². The third kappa shape index (κ3) is 6.19. The summed E-state index contributed by atoms with van der Waals surface area (Å²) >= 11 is 0. The van der Waals surface area contributed by atoms with Crippen molar-refractivity contribution < 1.29 is 18.5 Å². The molecule has 6 nitrogen and oxygen atoms in total. The van der Waals surface area contributed by atoms with E-state index in [0.717, 1.165) is 19.3 Å². The van der Waals surface area contributed by atoms with Crippen molar-refractivity contribution in [2.75, 3.05) is 6.54 Å². The van der Waals surface area contributed by atoms with E-state index < -0.39 is 24.7 Å².